The second-order valence-electron chi connectivity index (χ2n) is 3.83. The first-order valence-electron chi connectivity index (χ1n) is 5.63. The van der Waals surface area contributed by atoms with Gasteiger partial charge in [-0.25, -0.2) is 0 Å². The van der Waals surface area contributed by atoms with Crippen molar-refractivity contribution in [2.75, 3.05) is 7.11 Å². The SMILES string of the molecule is COc1cccc(CSc2ccc(C=O)cc2)c1. The van der Waals surface area contributed by atoms with Crippen LogP contribution in [0, 0.1) is 0 Å². The van der Waals surface area contributed by atoms with Crippen molar-refractivity contribution in [3.63, 3.8) is 0 Å². The summed E-state index contributed by atoms with van der Waals surface area (Å²) in [6, 6.07) is 15.6. The number of carbonyl (C=O) groups is 1. The molecule has 0 saturated heterocycles. The fraction of sp³-hybridized carbons (Fsp3) is 0.133. The average molecular weight is 258 g/mol. The lowest BCUT2D eigenvalue weighted by Crippen LogP contribution is -1.85. The number of hydrogen-bond acceptors (Lipinski definition) is 3. The standard InChI is InChI=1S/C15H14O2S/c1-17-14-4-2-3-13(9-14)11-18-15-7-5-12(10-16)6-8-15/h2-10H,11H2,1H3. The van der Waals surface area contributed by atoms with Gasteiger partial charge in [0.05, 0.1) is 7.11 Å². The minimum Gasteiger partial charge on any atom is -0.497 e. The van der Waals surface area contributed by atoms with Crippen molar-refractivity contribution in [1.29, 1.82) is 0 Å². The predicted octanol–water partition coefficient (Wildman–Crippen LogP) is 3.80. The van der Waals surface area contributed by atoms with E-state index in [4.69, 9.17) is 4.74 Å². The van der Waals surface area contributed by atoms with Gasteiger partial charge in [-0.15, -0.1) is 11.8 Å². The molecule has 2 rings (SSSR count). The van der Waals surface area contributed by atoms with Gasteiger partial charge < -0.3 is 4.74 Å². The molecule has 2 nitrogen and oxygen atoms in total. The molecule has 0 atom stereocenters. The van der Waals surface area contributed by atoms with Gasteiger partial charge >= 0.3 is 0 Å². The molecule has 0 radical (unpaired) electrons. The van der Waals surface area contributed by atoms with Crippen LogP contribution in [-0.2, 0) is 5.75 Å². The summed E-state index contributed by atoms with van der Waals surface area (Å²) >= 11 is 1.74. The van der Waals surface area contributed by atoms with E-state index in [0.29, 0.717) is 5.56 Å². The Morgan fingerprint density at radius 2 is 1.94 bits per heavy atom. The molecular formula is C15H14O2S. The van der Waals surface area contributed by atoms with Gasteiger partial charge in [-0.3, -0.25) is 4.79 Å². The van der Waals surface area contributed by atoms with Gasteiger partial charge in [0.25, 0.3) is 0 Å². The first-order valence-corrected chi connectivity index (χ1v) is 6.61. The molecule has 0 fully saturated rings. The van der Waals surface area contributed by atoms with E-state index in [1.807, 2.05) is 42.5 Å². The fourth-order valence-electron chi connectivity index (χ4n) is 1.57. The van der Waals surface area contributed by atoms with Crippen LogP contribution in [0.25, 0.3) is 0 Å². The maximum atomic E-state index is 10.5. The summed E-state index contributed by atoms with van der Waals surface area (Å²) in [6.45, 7) is 0. The summed E-state index contributed by atoms with van der Waals surface area (Å²) in [4.78, 5) is 11.7. The highest BCUT2D eigenvalue weighted by molar-refractivity contribution is 7.98. The Labute approximate surface area is 111 Å². The topological polar surface area (TPSA) is 26.3 Å². The van der Waals surface area contributed by atoms with Gasteiger partial charge in [0, 0.05) is 16.2 Å². The van der Waals surface area contributed by atoms with E-state index in [2.05, 4.69) is 6.07 Å². The summed E-state index contributed by atoms with van der Waals surface area (Å²) < 4.78 is 5.19. The van der Waals surface area contributed by atoms with Crippen molar-refractivity contribution in [3.05, 3.63) is 59.7 Å². The zero-order valence-electron chi connectivity index (χ0n) is 10.1. The lowest BCUT2D eigenvalue weighted by atomic mass is 10.2. The number of hydrogen-bond donors (Lipinski definition) is 0. The lowest BCUT2D eigenvalue weighted by molar-refractivity contribution is 0.112. The Bertz CT molecular complexity index is 520. The van der Waals surface area contributed by atoms with E-state index in [9.17, 15) is 4.79 Å². The maximum absolute atomic E-state index is 10.5. The van der Waals surface area contributed by atoms with Gasteiger partial charge in [-0.2, -0.15) is 0 Å². The minimum atomic E-state index is 0.709. The van der Waals surface area contributed by atoms with E-state index in [1.54, 1.807) is 18.9 Å². The quantitative estimate of drug-likeness (QED) is 0.602. The second kappa shape index (κ2) is 6.26. The van der Waals surface area contributed by atoms with Gasteiger partial charge in [0.2, 0.25) is 0 Å². The van der Waals surface area contributed by atoms with Crippen LogP contribution in [0.3, 0.4) is 0 Å². The third-order valence-electron chi connectivity index (χ3n) is 2.56. The molecule has 0 spiro atoms. The Hall–Kier alpha value is -1.74. The molecule has 2 aromatic carbocycles. The van der Waals surface area contributed by atoms with E-state index in [0.717, 1.165) is 22.7 Å². The van der Waals surface area contributed by atoms with Crippen molar-refractivity contribution < 1.29 is 9.53 Å². The molecule has 0 heterocycles. The molecule has 3 heteroatoms. The molecule has 2 aromatic rings. The molecule has 0 bridgehead atoms. The number of benzene rings is 2. The molecule has 0 aliphatic rings. The van der Waals surface area contributed by atoms with Gasteiger partial charge in [0.1, 0.15) is 12.0 Å². The van der Waals surface area contributed by atoms with Crippen LogP contribution >= 0.6 is 11.8 Å². The number of rotatable bonds is 5. The first-order chi connectivity index (χ1) is 8.81. The van der Waals surface area contributed by atoms with Crippen LogP contribution in [0.2, 0.25) is 0 Å². The molecule has 18 heavy (non-hydrogen) atoms. The van der Waals surface area contributed by atoms with Gasteiger partial charge in [0.15, 0.2) is 0 Å². The van der Waals surface area contributed by atoms with Crippen LogP contribution in [-0.4, -0.2) is 13.4 Å². The number of aldehydes is 1. The van der Waals surface area contributed by atoms with Crippen LogP contribution < -0.4 is 4.74 Å². The van der Waals surface area contributed by atoms with Crippen molar-refractivity contribution in [1.82, 2.24) is 0 Å². The molecule has 0 aliphatic carbocycles. The van der Waals surface area contributed by atoms with Crippen LogP contribution in [0.5, 0.6) is 5.75 Å². The Morgan fingerprint density at radius 3 is 2.61 bits per heavy atom. The van der Waals surface area contributed by atoms with Crippen molar-refractivity contribution in [2.45, 2.75) is 10.6 Å². The lowest BCUT2D eigenvalue weighted by Gasteiger charge is -2.04. The largest absolute Gasteiger partial charge is 0.497 e. The molecule has 0 saturated carbocycles. The first kappa shape index (κ1) is 12.7. The number of thioether (sulfide) groups is 1. The zero-order chi connectivity index (χ0) is 12.8. The Morgan fingerprint density at radius 1 is 1.17 bits per heavy atom. The molecule has 0 amide bonds. The Balaban J connectivity index is 1.99. The zero-order valence-corrected chi connectivity index (χ0v) is 10.9. The monoisotopic (exact) mass is 258 g/mol. The van der Waals surface area contributed by atoms with Crippen LogP contribution in [0.15, 0.2) is 53.4 Å². The average Bonchev–Trinajstić information content (AvgIpc) is 2.46. The summed E-state index contributed by atoms with van der Waals surface area (Å²) in [5.41, 5.74) is 1.93. The normalized spacial score (nSPS) is 10.1. The number of carbonyl (C=O) groups excluding carboxylic acids is 1. The molecule has 0 aliphatic heterocycles. The maximum Gasteiger partial charge on any atom is 0.150 e. The highest BCUT2D eigenvalue weighted by atomic mass is 32.2. The third kappa shape index (κ3) is 3.37. The molecule has 0 N–H and O–H groups in total. The summed E-state index contributed by atoms with van der Waals surface area (Å²) in [5.74, 6) is 1.77. The molecule has 92 valence electrons. The van der Waals surface area contributed by atoms with E-state index >= 15 is 0 Å². The highest BCUT2D eigenvalue weighted by Crippen LogP contribution is 2.24. The van der Waals surface area contributed by atoms with Gasteiger partial charge in [-0.1, -0.05) is 24.3 Å². The summed E-state index contributed by atoms with van der Waals surface area (Å²) in [6.07, 6.45) is 0.858. The highest BCUT2D eigenvalue weighted by Gasteiger charge is 1.98. The second-order valence-corrected chi connectivity index (χ2v) is 4.88. The van der Waals surface area contributed by atoms with E-state index < -0.39 is 0 Å². The fourth-order valence-corrected chi connectivity index (χ4v) is 2.41. The predicted molar refractivity (Wildman–Crippen MR) is 74.4 cm³/mol. The van der Waals surface area contributed by atoms with Crippen molar-refractivity contribution in [3.8, 4) is 5.75 Å². The molecular weight excluding hydrogens is 244 g/mol. The number of methoxy groups -OCH3 is 1. The van der Waals surface area contributed by atoms with Crippen molar-refractivity contribution >= 4 is 18.0 Å². The van der Waals surface area contributed by atoms with Gasteiger partial charge in [-0.05, 0) is 29.8 Å². The molecule has 0 unspecified atom stereocenters. The summed E-state index contributed by atoms with van der Waals surface area (Å²) in [7, 11) is 1.67. The van der Waals surface area contributed by atoms with Crippen LogP contribution in [0.1, 0.15) is 15.9 Å². The van der Waals surface area contributed by atoms with Crippen molar-refractivity contribution in [2.24, 2.45) is 0 Å². The van der Waals surface area contributed by atoms with E-state index in [1.165, 1.54) is 5.56 Å². The number of ether oxygens (including phenoxy) is 1. The minimum absolute atomic E-state index is 0.709. The Kier molecular flexibility index (Phi) is 4.42. The van der Waals surface area contributed by atoms with Crippen LogP contribution in [0.4, 0.5) is 0 Å². The third-order valence-corrected chi connectivity index (χ3v) is 3.64. The summed E-state index contributed by atoms with van der Waals surface area (Å²) in [5, 5.41) is 0. The smallest absolute Gasteiger partial charge is 0.150 e. The van der Waals surface area contributed by atoms with E-state index in [-0.39, 0.29) is 0 Å². The molecule has 0 aromatic heterocycles.